The van der Waals surface area contributed by atoms with Crippen LogP contribution in [0.2, 0.25) is 0 Å². The summed E-state index contributed by atoms with van der Waals surface area (Å²) in [6, 6.07) is 0. The highest BCUT2D eigenvalue weighted by Crippen LogP contribution is 2.26. The summed E-state index contributed by atoms with van der Waals surface area (Å²) in [5.41, 5.74) is 0. The number of carboxylic acid groups (broad SMARTS) is 1. The van der Waals surface area contributed by atoms with E-state index in [2.05, 4.69) is 0 Å². The van der Waals surface area contributed by atoms with Gasteiger partial charge >= 0.3 is 12.1 Å². The van der Waals surface area contributed by atoms with Crippen LogP contribution in [-0.2, 0) is 9.53 Å². The second kappa shape index (κ2) is 6.70. The number of hydrogen-bond donors (Lipinski definition) is 1. The Hall–Kier alpha value is -0.820. The number of methoxy groups -OCH3 is 1. The van der Waals surface area contributed by atoms with Gasteiger partial charge in [0.2, 0.25) is 0 Å². The second-order valence-electron chi connectivity index (χ2n) is 3.54. The molecule has 0 spiro atoms. The first-order valence-electron chi connectivity index (χ1n) is 4.76. The maximum atomic E-state index is 12.3. The highest BCUT2D eigenvalue weighted by Gasteiger charge is 2.45. The highest BCUT2D eigenvalue weighted by atomic mass is 19.4. The van der Waals surface area contributed by atoms with E-state index in [0.29, 0.717) is 19.6 Å². The van der Waals surface area contributed by atoms with Crippen LogP contribution in [0.1, 0.15) is 6.42 Å². The number of halogens is 3. The minimum atomic E-state index is -4.71. The number of ether oxygens (including phenoxy) is 1. The Balaban J connectivity index is 4.15. The van der Waals surface area contributed by atoms with Crippen LogP contribution in [0, 0.1) is 5.92 Å². The third-order valence-corrected chi connectivity index (χ3v) is 2.08. The Morgan fingerprint density at radius 2 is 2.06 bits per heavy atom. The first kappa shape index (κ1) is 15.2. The van der Waals surface area contributed by atoms with E-state index in [9.17, 15) is 18.0 Å². The fourth-order valence-corrected chi connectivity index (χ4v) is 1.20. The van der Waals surface area contributed by atoms with Crippen molar-refractivity contribution in [2.75, 3.05) is 33.9 Å². The van der Waals surface area contributed by atoms with Crippen LogP contribution in [-0.4, -0.2) is 56.0 Å². The monoisotopic (exact) mass is 243 g/mol. The standard InChI is InChI=1S/C9H16F3NO3/c1-13(4-3-5-16-2)6-7(8(14)15)9(10,11)12/h7H,3-6H2,1-2H3,(H,14,15). The van der Waals surface area contributed by atoms with E-state index in [1.54, 1.807) is 0 Å². The van der Waals surface area contributed by atoms with E-state index < -0.39 is 24.6 Å². The van der Waals surface area contributed by atoms with Gasteiger partial charge in [-0.1, -0.05) is 0 Å². The van der Waals surface area contributed by atoms with Gasteiger partial charge in [-0.3, -0.25) is 4.79 Å². The Morgan fingerprint density at radius 3 is 2.44 bits per heavy atom. The lowest BCUT2D eigenvalue weighted by Crippen LogP contribution is -2.40. The number of carboxylic acids is 1. The number of alkyl halides is 3. The molecule has 0 aromatic rings. The molecule has 0 heterocycles. The predicted octanol–water partition coefficient (Wildman–Crippen LogP) is 1.22. The summed E-state index contributed by atoms with van der Waals surface area (Å²) in [6.07, 6.45) is -4.14. The van der Waals surface area contributed by atoms with Crippen LogP contribution in [0.5, 0.6) is 0 Å². The van der Waals surface area contributed by atoms with Gasteiger partial charge in [0, 0.05) is 26.8 Å². The minimum absolute atomic E-state index is 0.369. The van der Waals surface area contributed by atoms with E-state index in [1.807, 2.05) is 0 Å². The molecular formula is C9H16F3NO3. The van der Waals surface area contributed by atoms with Crippen LogP contribution >= 0.6 is 0 Å². The van der Waals surface area contributed by atoms with Gasteiger partial charge in [-0.2, -0.15) is 13.2 Å². The molecule has 0 aliphatic rings. The molecule has 0 saturated heterocycles. The normalized spacial score (nSPS) is 14.1. The van der Waals surface area contributed by atoms with E-state index in [-0.39, 0.29) is 0 Å². The van der Waals surface area contributed by atoms with Crippen molar-refractivity contribution < 1.29 is 27.8 Å². The molecule has 0 aliphatic heterocycles. The van der Waals surface area contributed by atoms with E-state index >= 15 is 0 Å². The van der Waals surface area contributed by atoms with Crippen molar-refractivity contribution in [2.45, 2.75) is 12.6 Å². The van der Waals surface area contributed by atoms with Gasteiger partial charge in [0.15, 0.2) is 5.92 Å². The van der Waals surface area contributed by atoms with Gasteiger partial charge < -0.3 is 14.7 Å². The van der Waals surface area contributed by atoms with Crippen molar-refractivity contribution in [1.29, 1.82) is 0 Å². The van der Waals surface area contributed by atoms with Crippen molar-refractivity contribution in [1.82, 2.24) is 4.90 Å². The van der Waals surface area contributed by atoms with Gasteiger partial charge in [0.25, 0.3) is 0 Å². The van der Waals surface area contributed by atoms with Crippen LogP contribution in [0.4, 0.5) is 13.2 Å². The second-order valence-corrected chi connectivity index (χ2v) is 3.54. The van der Waals surface area contributed by atoms with Gasteiger partial charge in [0.05, 0.1) is 0 Å². The highest BCUT2D eigenvalue weighted by molar-refractivity contribution is 5.71. The molecule has 96 valence electrons. The molecule has 4 nitrogen and oxygen atoms in total. The Bertz CT molecular complexity index is 221. The van der Waals surface area contributed by atoms with Crippen molar-refractivity contribution in [2.24, 2.45) is 5.92 Å². The van der Waals surface area contributed by atoms with Gasteiger partial charge in [0.1, 0.15) is 0 Å². The van der Waals surface area contributed by atoms with Crippen LogP contribution < -0.4 is 0 Å². The Labute approximate surface area is 92.0 Å². The molecule has 1 unspecified atom stereocenters. The lowest BCUT2D eigenvalue weighted by Gasteiger charge is -2.22. The zero-order chi connectivity index (χ0) is 12.8. The number of aliphatic carboxylic acids is 1. The summed E-state index contributed by atoms with van der Waals surface area (Å²) < 4.78 is 41.6. The number of rotatable bonds is 7. The molecule has 1 atom stereocenters. The summed E-state index contributed by atoms with van der Waals surface area (Å²) >= 11 is 0. The average Bonchev–Trinajstić information content (AvgIpc) is 2.12. The third kappa shape index (κ3) is 5.92. The van der Waals surface area contributed by atoms with Crippen LogP contribution in [0.25, 0.3) is 0 Å². The number of carbonyl (C=O) groups is 1. The first-order valence-corrected chi connectivity index (χ1v) is 4.76. The first-order chi connectivity index (χ1) is 7.29. The molecule has 0 bridgehead atoms. The third-order valence-electron chi connectivity index (χ3n) is 2.08. The van der Waals surface area contributed by atoms with Crippen molar-refractivity contribution in [3.05, 3.63) is 0 Å². The average molecular weight is 243 g/mol. The number of hydrogen-bond acceptors (Lipinski definition) is 3. The zero-order valence-electron chi connectivity index (χ0n) is 9.25. The SMILES string of the molecule is COCCCN(C)CC(C(=O)O)C(F)(F)F. The maximum Gasteiger partial charge on any atom is 0.403 e. The number of nitrogens with zero attached hydrogens (tertiary/aromatic N) is 1. The Kier molecular flexibility index (Phi) is 6.35. The fraction of sp³-hybridized carbons (Fsp3) is 0.889. The largest absolute Gasteiger partial charge is 0.481 e. The summed E-state index contributed by atoms with van der Waals surface area (Å²) in [5.74, 6) is -4.17. The molecule has 0 saturated carbocycles. The molecule has 0 rings (SSSR count). The molecule has 0 fully saturated rings. The van der Waals surface area contributed by atoms with Gasteiger partial charge in [-0.05, 0) is 13.5 Å². The molecule has 0 aromatic heterocycles. The zero-order valence-corrected chi connectivity index (χ0v) is 9.25. The lowest BCUT2D eigenvalue weighted by molar-refractivity contribution is -0.196. The molecule has 1 N–H and O–H groups in total. The topological polar surface area (TPSA) is 49.8 Å². The maximum absolute atomic E-state index is 12.3. The van der Waals surface area contributed by atoms with Crippen molar-refractivity contribution in [3.63, 3.8) is 0 Å². The van der Waals surface area contributed by atoms with Crippen molar-refractivity contribution >= 4 is 5.97 Å². The predicted molar refractivity (Wildman–Crippen MR) is 51.2 cm³/mol. The quantitative estimate of drug-likeness (QED) is 0.683. The molecule has 0 radical (unpaired) electrons. The van der Waals surface area contributed by atoms with Gasteiger partial charge in [-0.25, -0.2) is 0 Å². The molecule has 7 heteroatoms. The van der Waals surface area contributed by atoms with Crippen LogP contribution in [0.3, 0.4) is 0 Å². The molecule has 0 amide bonds. The smallest absolute Gasteiger partial charge is 0.403 e. The minimum Gasteiger partial charge on any atom is -0.481 e. The van der Waals surface area contributed by atoms with Crippen LogP contribution in [0.15, 0.2) is 0 Å². The van der Waals surface area contributed by atoms with E-state index in [1.165, 1.54) is 19.1 Å². The summed E-state index contributed by atoms with van der Waals surface area (Å²) in [7, 11) is 2.95. The molecule has 16 heavy (non-hydrogen) atoms. The molecular weight excluding hydrogens is 227 g/mol. The molecule has 0 aliphatic carbocycles. The van der Waals surface area contributed by atoms with E-state index in [0.717, 1.165) is 0 Å². The fourth-order valence-electron chi connectivity index (χ4n) is 1.20. The Morgan fingerprint density at radius 1 is 1.50 bits per heavy atom. The molecule has 0 aromatic carbocycles. The van der Waals surface area contributed by atoms with Crippen molar-refractivity contribution in [3.8, 4) is 0 Å². The summed E-state index contributed by atoms with van der Waals surface area (Å²) in [5, 5.41) is 8.46. The summed E-state index contributed by atoms with van der Waals surface area (Å²) in [6.45, 7) is 0.268. The summed E-state index contributed by atoms with van der Waals surface area (Å²) in [4.78, 5) is 11.8. The van der Waals surface area contributed by atoms with Gasteiger partial charge in [-0.15, -0.1) is 0 Å². The van der Waals surface area contributed by atoms with E-state index in [4.69, 9.17) is 9.84 Å². The lowest BCUT2D eigenvalue weighted by atomic mass is 10.1.